The standard InChI is InChI=1S/C42H48N6O6/c1-42(2,3)54-41(52)46-37(19-31-21-44-35-16-10-8-14-33(31)35)39(50)48-24-28-17-29(25-48)23-47(22-28)38(49)36(18-30-20-43-34-15-9-7-13-32(30)34)45-40(51)53-26-27-11-5-4-6-12-27/h4-16,20-21,28-29,36-37,43-44H,17-19,22-26H2,1-3H3,(H,45,51)(H,46,52)/t28?,29?,36-,37-/m0/s1. The number of fused-ring (bicyclic) bond motifs is 4. The van der Waals surface area contributed by atoms with Gasteiger partial charge in [-0.1, -0.05) is 66.7 Å². The van der Waals surface area contributed by atoms with Crippen molar-refractivity contribution in [1.29, 1.82) is 0 Å². The van der Waals surface area contributed by atoms with Gasteiger partial charge in [0.25, 0.3) is 0 Å². The minimum Gasteiger partial charge on any atom is -0.445 e. The first-order valence-electron chi connectivity index (χ1n) is 18.6. The molecule has 282 valence electrons. The number of amides is 4. The van der Waals surface area contributed by atoms with Gasteiger partial charge < -0.3 is 39.9 Å². The molecule has 12 heteroatoms. The van der Waals surface area contributed by atoms with Crippen molar-refractivity contribution in [3.05, 3.63) is 108 Å². The topological polar surface area (TPSA) is 149 Å². The van der Waals surface area contributed by atoms with Gasteiger partial charge in [-0.25, -0.2) is 9.59 Å². The van der Waals surface area contributed by atoms with Crippen LogP contribution in [0.4, 0.5) is 9.59 Å². The summed E-state index contributed by atoms with van der Waals surface area (Å²) in [4.78, 5) is 65.0. The molecular weight excluding hydrogens is 684 g/mol. The van der Waals surface area contributed by atoms with Gasteiger partial charge in [-0.15, -0.1) is 0 Å². The summed E-state index contributed by atoms with van der Waals surface area (Å²) in [6.45, 7) is 7.22. The molecule has 2 unspecified atom stereocenters. The lowest BCUT2D eigenvalue weighted by Crippen LogP contribution is -2.61. The number of nitrogens with zero attached hydrogens (tertiary/aromatic N) is 2. The monoisotopic (exact) mass is 732 g/mol. The first-order chi connectivity index (χ1) is 26.0. The zero-order valence-electron chi connectivity index (χ0n) is 31.0. The van der Waals surface area contributed by atoms with Crippen LogP contribution in [0, 0.1) is 11.8 Å². The molecule has 4 amide bonds. The number of likely N-dealkylation sites (tertiary alicyclic amines) is 2. The van der Waals surface area contributed by atoms with Gasteiger partial charge in [0.2, 0.25) is 11.8 Å². The molecule has 2 aromatic heterocycles. The summed E-state index contributed by atoms with van der Waals surface area (Å²) < 4.78 is 11.1. The van der Waals surface area contributed by atoms with Crippen LogP contribution in [0.1, 0.15) is 43.9 Å². The van der Waals surface area contributed by atoms with Crippen LogP contribution in [-0.2, 0) is 38.5 Å². The molecule has 4 N–H and O–H groups in total. The molecule has 0 spiro atoms. The Balaban J connectivity index is 1.05. The number of ether oxygens (including phenoxy) is 2. The highest BCUT2D eigenvalue weighted by molar-refractivity contribution is 5.90. The van der Waals surface area contributed by atoms with Crippen LogP contribution in [0.15, 0.2) is 91.3 Å². The first kappa shape index (κ1) is 36.6. The average Bonchev–Trinajstić information content (AvgIpc) is 3.76. The number of benzene rings is 3. The van der Waals surface area contributed by atoms with Crippen LogP contribution in [0.3, 0.4) is 0 Å². The zero-order chi connectivity index (χ0) is 37.8. The van der Waals surface area contributed by atoms with E-state index in [1.807, 2.05) is 101 Å². The summed E-state index contributed by atoms with van der Waals surface area (Å²) in [6.07, 6.45) is 3.91. The van der Waals surface area contributed by atoms with Gasteiger partial charge in [0.1, 0.15) is 24.3 Å². The van der Waals surface area contributed by atoms with Crippen LogP contribution in [0.2, 0.25) is 0 Å². The summed E-state index contributed by atoms with van der Waals surface area (Å²) in [6, 6.07) is 23.4. The smallest absolute Gasteiger partial charge is 0.408 e. The SMILES string of the molecule is CC(C)(C)OC(=O)N[C@@H](Cc1c[nH]c2ccccc12)C(=O)N1CC2CC(CN(C(=O)[C@H](Cc3c[nH]c4ccccc34)NC(=O)OCc3ccccc3)C2)C1. The average molecular weight is 733 g/mol. The van der Waals surface area contributed by atoms with Gasteiger partial charge >= 0.3 is 12.2 Å². The highest BCUT2D eigenvalue weighted by atomic mass is 16.6. The molecule has 2 fully saturated rings. The fraction of sp³-hybridized carbons (Fsp3) is 0.381. The largest absolute Gasteiger partial charge is 0.445 e. The third kappa shape index (κ3) is 8.70. The summed E-state index contributed by atoms with van der Waals surface area (Å²) in [5.74, 6) is -0.310. The van der Waals surface area contributed by atoms with Crippen LogP contribution in [0.25, 0.3) is 21.8 Å². The molecule has 12 nitrogen and oxygen atoms in total. The van der Waals surface area contributed by atoms with Crippen LogP contribution in [-0.4, -0.2) is 87.6 Å². The number of rotatable bonds is 10. The molecule has 0 saturated carbocycles. The van der Waals surface area contributed by atoms with Crippen LogP contribution >= 0.6 is 0 Å². The number of hydrogen-bond donors (Lipinski definition) is 4. The molecule has 5 aromatic rings. The second-order valence-electron chi connectivity index (χ2n) is 15.5. The number of carbonyl (C=O) groups excluding carboxylic acids is 4. The van der Waals surface area contributed by atoms with Crippen LogP contribution in [0.5, 0.6) is 0 Å². The predicted molar refractivity (Wildman–Crippen MR) is 205 cm³/mol. The van der Waals surface area contributed by atoms with E-state index < -0.39 is 29.9 Å². The molecule has 2 aliphatic heterocycles. The maximum atomic E-state index is 14.3. The predicted octanol–water partition coefficient (Wildman–Crippen LogP) is 5.93. The van der Waals surface area contributed by atoms with Crippen molar-refractivity contribution in [2.45, 2.75) is 64.3 Å². The Morgan fingerprint density at radius 3 is 1.65 bits per heavy atom. The van der Waals surface area contributed by atoms with E-state index in [1.165, 1.54) is 0 Å². The van der Waals surface area contributed by atoms with E-state index in [1.54, 1.807) is 20.8 Å². The minimum absolute atomic E-state index is 0.0273. The van der Waals surface area contributed by atoms with Crippen molar-refractivity contribution < 1.29 is 28.7 Å². The Bertz CT molecular complexity index is 2110. The fourth-order valence-electron chi connectivity index (χ4n) is 7.88. The van der Waals surface area contributed by atoms with E-state index in [0.29, 0.717) is 32.6 Å². The molecule has 2 saturated heterocycles. The van der Waals surface area contributed by atoms with Crippen molar-refractivity contribution >= 4 is 45.8 Å². The number of carbonyl (C=O) groups is 4. The Hall–Kier alpha value is -5.78. The van der Waals surface area contributed by atoms with E-state index in [2.05, 4.69) is 20.6 Å². The fourth-order valence-corrected chi connectivity index (χ4v) is 7.88. The molecule has 7 rings (SSSR count). The molecule has 2 bridgehead atoms. The van der Waals surface area contributed by atoms with Gasteiger partial charge in [-0.2, -0.15) is 0 Å². The highest BCUT2D eigenvalue weighted by Crippen LogP contribution is 2.31. The third-order valence-corrected chi connectivity index (χ3v) is 10.2. The van der Waals surface area contributed by atoms with Crippen molar-refractivity contribution in [3.8, 4) is 0 Å². The molecule has 0 radical (unpaired) electrons. The normalized spacial score (nSPS) is 18.2. The van der Waals surface area contributed by atoms with E-state index in [9.17, 15) is 19.2 Å². The zero-order valence-corrected chi connectivity index (χ0v) is 31.0. The highest BCUT2D eigenvalue weighted by Gasteiger charge is 2.41. The molecule has 4 atom stereocenters. The maximum Gasteiger partial charge on any atom is 0.408 e. The molecular formula is C42H48N6O6. The molecule has 3 aromatic carbocycles. The van der Waals surface area contributed by atoms with Gasteiger partial charge in [0, 0.05) is 73.2 Å². The summed E-state index contributed by atoms with van der Waals surface area (Å²) in [5.41, 5.74) is 3.86. The molecule has 4 heterocycles. The van der Waals surface area contributed by atoms with Crippen molar-refractivity contribution in [1.82, 2.24) is 30.4 Å². The molecule has 54 heavy (non-hydrogen) atoms. The Kier molecular flexibility index (Phi) is 10.6. The van der Waals surface area contributed by atoms with E-state index in [4.69, 9.17) is 9.47 Å². The quantitative estimate of drug-likeness (QED) is 0.140. The van der Waals surface area contributed by atoms with E-state index >= 15 is 0 Å². The molecule has 2 aliphatic rings. The Morgan fingerprint density at radius 1 is 0.685 bits per heavy atom. The Labute approximate surface area is 314 Å². The molecule has 0 aliphatic carbocycles. The number of aromatic amines is 2. The second kappa shape index (κ2) is 15.7. The number of piperidine rings is 2. The third-order valence-electron chi connectivity index (χ3n) is 10.2. The lowest BCUT2D eigenvalue weighted by atomic mass is 9.83. The summed E-state index contributed by atoms with van der Waals surface area (Å²) >= 11 is 0. The van der Waals surface area contributed by atoms with Crippen LogP contribution < -0.4 is 10.6 Å². The number of hydrogen-bond acceptors (Lipinski definition) is 6. The van der Waals surface area contributed by atoms with Gasteiger partial charge in [0.05, 0.1) is 0 Å². The van der Waals surface area contributed by atoms with Gasteiger partial charge in [-0.05, 0) is 67.9 Å². The summed E-state index contributed by atoms with van der Waals surface area (Å²) in [7, 11) is 0. The summed E-state index contributed by atoms with van der Waals surface area (Å²) in [5, 5.41) is 7.72. The maximum absolute atomic E-state index is 14.3. The van der Waals surface area contributed by atoms with Gasteiger partial charge in [-0.3, -0.25) is 9.59 Å². The number of para-hydroxylation sites is 2. The number of nitrogens with one attached hydrogen (secondary N) is 4. The van der Waals surface area contributed by atoms with Crippen molar-refractivity contribution in [2.24, 2.45) is 11.8 Å². The van der Waals surface area contributed by atoms with E-state index in [0.717, 1.165) is 44.9 Å². The lowest BCUT2D eigenvalue weighted by molar-refractivity contribution is -0.143. The van der Waals surface area contributed by atoms with E-state index in [-0.39, 0.29) is 36.7 Å². The number of aromatic nitrogens is 2. The lowest BCUT2D eigenvalue weighted by Gasteiger charge is -2.47. The van der Waals surface area contributed by atoms with Crippen molar-refractivity contribution in [2.75, 3.05) is 26.2 Å². The second-order valence-corrected chi connectivity index (χ2v) is 15.5. The minimum atomic E-state index is -0.859. The van der Waals surface area contributed by atoms with Gasteiger partial charge in [0.15, 0.2) is 0 Å². The van der Waals surface area contributed by atoms with Crippen molar-refractivity contribution in [3.63, 3.8) is 0 Å². The number of H-pyrrole nitrogens is 2. The first-order valence-corrected chi connectivity index (χ1v) is 18.6. The number of alkyl carbamates (subject to hydrolysis) is 2. The Morgan fingerprint density at radius 2 is 1.15 bits per heavy atom.